The van der Waals surface area contributed by atoms with Crippen LogP contribution in [0.5, 0.6) is 5.75 Å². The van der Waals surface area contributed by atoms with Gasteiger partial charge in [0.1, 0.15) is 23.5 Å². The van der Waals surface area contributed by atoms with Gasteiger partial charge in [0.25, 0.3) is 0 Å². The first kappa shape index (κ1) is 24.6. The Morgan fingerprint density at radius 3 is 2.30 bits per heavy atom. The molecule has 1 fully saturated rings. The molecule has 0 saturated carbocycles. The molecule has 178 valence electrons. The number of nitrogens with zero attached hydrogens (tertiary/aromatic N) is 1. The smallest absolute Gasteiger partial charge is 0.408 e. The molecule has 0 aromatic heterocycles. The molecule has 2 amide bonds. The molecule has 0 spiro atoms. The van der Waals surface area contributed by atoms with E-state index in [2.05, 4.69) is 31.3 Å². The highest BCUT2D eigenvalue weighted by Crippen LogP contribution is 2.22. The van der Waals surface area contributed by atoms with Gasteiger partial charge in [-0.15, -0.1) is 0 Å². The molecule has 33 heavy (non-hydrogen) atoms. The molecule has 2 aromatic rings. The molecule has 1 N–H and O–H groups in total. The average Bonchev–Trinajstić information content (AvgIpc) is 2.75. The van der Waals surface area contributed by atoms with Gasteiger partial charge in [0.15, 0.2) is 0 Å². The van der Waals surface area contributed by atoms with Crippen molar-refractivity contribution >= 4 is 12.0 Å². The molecule has 1 unspecified atom stereocenters. The van der Waals surface area contributed by atoms with Gasteiger partial charge in [-0.1, -0.05) is 36.4 Å². The first-order valence-electron chi connectivity index (χ1n) is 11.7. The fraction of sp³-hybridized carbons (Fsp3) is 0.481. The minimum Gasteiger partial charge on any atom is -0.490 e. The van der Waals surface area contributed by atoms with Crippen LogP contribution < -0.4 is 10.1 Å². The number of alkyl carbamates (subject to hydrolysis) is 1. The van der Waals surface area contributed by atoms with Gasteiger partial charge >= 0.3 is 6.09 Å². The molecule has 2 aromatic carbocycles. The Hall–Kier alpha value is -3.02. The van der Waals surface area contributed by atoms with Gasteiger partial charge in [-0.05, 0) is 63.4 Å². The van der Waals surface area contributed by atoms with Crippen LogP contribution in [0.2, 0.25) is 0 Å². The van der Waals surface area contributed by atoms with Crippen LogP contribution in [0.25, 0.3) is 0 Å². The normalized spacial score (nSPS) is 15.6. The van der Waals surface area contributed by atoms with Crippen LogP contribution in [-0.2, 0) is 16.0 Å². The van der Waals surface area contributed by atoms with Crippen LogP contribution >= 0.6 is 0 Å². The van der Waals surface area contributed by atoms with E-state index in [-0.39, 0.29) is 12.0 Å². The summed E-state index contributed by atoms with van der Waals surface area (Å²) in [5.74, 6) is 0.783. The zero-order valence-electron chi connectivity index (χ0n) is 20.4. The molecule has 1 atom stereocenters. The Morgan fingerprint density at radius 1 is 1.03 bits per heavy atom. The lowest BCUT2D eigenvalue weighted by molar-refractivity contribution is -0.135. The maximum Gasteiger partial charge on any atom is 0.408 e. The predicted octanol–water partition coefficient (Wildman–Crippen LogP) is 4.81. The molecular weight excluding hydrogens is 416 g/mol. The van der Waals surface area contributed by atoms with E-state index in [1.54, 1.807) is 20.8 Å². The van der Waals surface area contributed by atoms with Gasteiger partial charge in [-0.3, -0.25) is 4.79 Å². The van der Waals surface area contributed by atoms with Crippen LogP contribution in [0.1, 0.15) is 50.3 Å². The number of ether oxygens (including phenoxy) is 2. The van der Waals surface area contributed by atoms with Gasteiger partial charge in [0.2, 0.25) is 5.91 Å². The molecule has 1 aliphatic rings. The molecule has 1 saturated heterocycles. The number of carbonyl (C=O) groups is 2. The van der Waals surface area contributed by atoms with E-state index in [1.807, 2.05) is 41.3 Å². The lowest BCUT2D eigenvalue weighted by Gasteiger charge is -2.34. The summed E-state index contributed by atoms with van der Waals surface area (Å²) in [6, 6.07) is 15.2. The second kappa shape index (κ2) is 10.7. The minimum absolute atomic E-state index is 0.0718. The molecular formula is C27H36N2O4. The number of amides is 2. The third-order valence-corrected chi connectivity index (χ3v) is 5.81. The van der Waals surface area contributed by atoms with E-state index >= 15 is 0 Å². The first-order valence-corrected chi connectivity index (χ1v) is 11.7. The lowest BCUT2D eigenvalue weighted by Crippen LogP contribution is -2.53. The largest absolute Gasteiger partial charge is 0.490 e. The van der Waals surface area contributed by atoms with Crippen molar-refractivity contribution in [1.82, 2.24) is 10.2 Å². The number of rotatable bonds is 6. The molecule has 1 heterocycles. The average molecular weight is 453 g/mol. The van der Waals surface area contributed by atoms with Gasteiger partial charge in [-0.25, -0.2) is 4.79 Å². The summed E-state index contributed by atoms with van der Waals surface area (Å²) in [7, 11) is 0. The fourth-order valence-corrected chi connectivity index (χ4v) is 3.89. The van der Waals surface area contributed by atoms with Crippen molar-refractivity contribution in [2.45, 2.75) is 71.6 Å². The molecule has 1 aliphatic heterocycles. The van der Waals surface area contributed by atoms with Crippen LogP contribution in [0, 0.1) is 13.8 Å². The van der Waals surface area contributed by atoms with Crippen molar-refractivity contribution < 1.29 is 19.1 Å². The van der Waals surface area contributed by atoms with Crippen molar-refractivity contribution in [2.75, 3.05) is 13.1 Å². The number of carbonyl (C=O) groups excluding carboxylic acids is 2. The topological polar surface area (TPSA) is 67.9 Å². The highest BCUT2D eigenvalue weighted by molar-refractivity contribution is 5.86. The summed E-state index contributed by atoms with van der Waals surface area (Å²) in [6.45, 7) is 10.8. The molecule has 0 radical (unpaired) electrons. The van der Waals surface area contributed by atoms with Gasteiger partial charge in [0.05, 0.1) is 0 Å². The van der Waals surface area contributed by atoms with Crippen molar-refractivity contribution in [3.05, 3.63) is 65.2 Å². The number of piperidine rings is 1. The van der Waals surface area contributed by atoms with E-state index in [0.29, 0.717) is 19.5 Å². The van der Waals surface area contributed by atoms with Crippen molar-refractivity contribution in [1.29, 1.82) is 0 Å². The number of benzene rings is 2. The highest BCUT2D eigenvalue weighted by Gasteiger charge is 2.31. The number of hydrogen-bond donors (Lipinski definition) is 1. The highest BCUT2D eigenvalue weighted by atomic mass is 16.6. The standard InChI is InChI=1S/C27H36N2O4/c1-19-11-12-23(17-20(19)2)32-22-13-15-29(16-14-22)25(30)24(18-21-9-7-6-8-10-21)28-26(31)33-27(3,4)5/h6-12,17,22,24H,13-16,18H2,1-5H3,(H,28,31). The molecule has 3 rings (SSSR count). The Morgan fingerprint density at radius 2 is 1.70 bits per heavy atom. The summed E-state index contributed by atoms with van der Waals surface area (Å²) >= 11 is 0. The zero-order chi connectivity index (χ0) is 24.0. The molecule has 6 heteroatoms. The van der Waals surface area contributed by atoms with E-state index < -0.39 is 17.7 Å². The van der Waals surface area contributed by atoms with Crippen LogP contribution in [-0.4, -0.2) is 47.7 Å². The summed E-state index contributed by atoms with van der Waals surface area (Å²) in [6.07, 6.45) is 1.41. The SMILES string of the molecule is Cc1ccc(OC2CCN(C(=O)C(Cc3ccccc3)NC(=O)OC(C)(C)C)CC2)cc1C. The van der Waals surface area contributed by atoms with Gasteiger partial charge in [0, 0.05) is 32.4 Å². The number of nitrogens with one attached hydrogen (secondary N) is 1. The molecule has 0 aliphatic carbocycles. The second-order valence-electron chi connectivity index (χ2n) is 9.78. The predicted molar refractivity (Wildman–Crippen MR) is 129 cm³/mol. The Balaban J connectivity index is 1.61. The monoisotopic (exact) mass is 452 g/mol. The maximum absolute atomic E-state index is 13.4. The van der Waals surface area contributed by atoms with E-state index in [4.69, 9.17) is 9.47 Å². The Kier molecular flexibility index (Phi) is 8.01. The van der Waals surface area contributed by atoms with Crippen LogP contribution in [0.3, 0.4) is 0 Å². The van der Waals surface area contributed by atoms with Gasteiger partial charge in [-0.2, -0.15) is 0 Å². The Bertz CT molecular complexity index is 944. The summed E-state index contributed by atoms with van der Waals surface area (Å²) in [5.41, 5.74) is 2.80. The van der Waals surface area contributed by atoms with Crippen molar-refractivity contribution in [3.63, 3.8) is 0 Å². The summed E-state index contributed by atoms with van der Waals surface area (Å²) in [5, 5.41) is 2.80. The summed E-state index contributed by atoms with van der Waals surface area (Å²) in [4.78, 5) is 27.6. The minimum atomic E-state index is -0.681. The van der Waals surface area contributed by atoms with Crippen LogP contribution in [0.15, 0.2) is 48.5 Å². The zero-order valence-corrected chi connectivity index (χ0v) is 20.4. The summed E-state index contributed by atoms with van der Waals surface area (Å²) < 4.78 is 11.6. The van der Waals surface area contributed by atoms with E-state index in [9.17, 15) is 9.59 Å². The quantitative estimate of drug-likeness (QED) is 0.683. The first-order chi connectivity index (χ1) is 15.6. The molecule has 0 bridgehead atoms. The third kappa shape index (κ3) is 7.52. The second-order valence-corrected chi connectivity index (χ2v) is 9.78. The number of aryl methyl sites for hydroxylation is 2. The van der Waals surface area contributed by atoms with E-state index in [0.717, 1.165) is 24.2 Å². The maximum atomic E-state index is 13.4. The molecule has 6 nitrogen and oxygen atoms in total. The number of hydrogen-bond acceptors (Lipinski definition) is 4. The fourth-order valence-electron chi connectivity index (χ4n) is 3.89. The number of likely N-dealkylation sites (tertiary alicyclic amines) is 1. The van der Waals surface area contributed by atoms with Crippen LogP contribution in [0.4, 0.5) is 4.79 Å². The Labute approximate surface area is 197 Å². The van der Waals surface area contributed by atoms with Crippen molar-refractivity contribution in [3.8, 4) is 5.75 Å². The third-order valence-electron chi connectivity index (χ3n) is 5.81. The van der Waals surface area contributed by atoms with Gasteiger partial charge < -0.3 is 19.7 Å². The lowest BCUT2D eigenvalue weighted by atomic mass is 10.0. The van der Waals surface area contributed by atoms with E-state index in [1.165, 1.54) is 11.1 Å². The van der Waals surface area contributed by atoms with Crippen molar-refractivity contribution in [2.24, 2.45) is 0 Å².